The number of nitrogens with one attached hydrogen (secondary N) is 1. The molecule has 0 saturated heterocycles. The van der Waals surface area contributed by atoms with E-state index in [2.05, 4.69) is 10.3 Å². The molecule has 0 aliphatic carbocycles. The van der Waals surface area contributed by atoms with Crippen molar-refractivity contribution in [3.05, 3.63) is 64.9 Å². The molecule has 0 fully saturated rings. The van der Waals surface area contributed by atoms with Crippen LogP contribution in [0.1, 0.15) is 21.8 Å². The maximum atomic E-state index is 12.0. The van der Waals surface area contributed by atoms with Crippen molar-refractivity contribution in [1.29, 1.82) is 0 Å². The highest BCUT2D eigenvalue weighted by atomic mass is 32.1. The van der Waals surface area contributed by atoms with Crippen molar-refractivity contribution >= 4 is 17.2 Å². The summed E-state index contributed by atoms with van der Waals surface area (Å²) in [5, 5.41) is 4.90. The summed E-state index contributed by atoms with van der Waals surface area (Å²) in [5.74, 6) is 1.38. The summed E-state index contributed by atoms with van der Waals surface area (Å²) in [4.78, 5) is 17.5. The second kappa shape index (κ2) is 6.58. The predicted molar refractivity (Wildman–Crippen MR) is 87.0 cm³/mol. The Hall–Kier alpha value is -2.40. The monoisotopic (exact) mass is 312 g/mol. The first kappa shape index (κ1) is 14.5. The molecule has 5 heteroatoms. The van der Waals surface area contributed by atoms with Crippen LogP contribution < -0.4 is 5.32 Å². The Balaban J connectivity index is 1.59. The number of hydrogen-bond acceptors (Lipinski definition) is 4. The molecule has 3 aromatic rings. The highest BCUT2D eigenvalue weighted by Crippen LogP contribution is 2.25. The number of rotatable bonds is 5. The van der Waals surface area contributed by atoms with Crippen LogP contribution in [0.4, 0.5) is 0 Å². The van der Waals surface area contributed by atoms with Gasteiger partial charge in [-0.15, -0.1) is 11.3 Å². The average Bonchev–Trinajstić information content (AvgIpc) is 3.18. The molecule has 1 N–H and O–H groups in total. The van der Waals surface area contributed by atoms with E-state index in [0.29, 0.717) is 24.4 Å². The highest BCUT2D eigenvalue weighted by Gasteiger charge is 2.12. The molecule has 1 amide bonds. The van der Waals surface area contributed by atoms with Crippen LogP contribution in [0.2, 0.25) is 0 Å². The maximum absolute atomic E-state index is 12.0. The summed E-state index contributed by atoms with van der Waals surface area (Å²) >= 11 is 1.60. The third-order valence-corrected chi connectivity index (χ3v) is 4.17. The maximum Gasteiger partial charge on any atom is 0.251 e. The summed E-state index contributed by atoms with van der Waals surface area (Å²) in [7, 11) is 0. The lowest BCUT2D eigenvalue weighted by atomic mass is 10.2. The Kier molecular flexibility index (Phi) is 4.34. The van der Waals surface area contributed by atoms with Crippen LogP contribution in [-0.4, -0.2) is 17.4 Å². The topological polar surface area (TPSA) is 55.1 Å². The van der Waals surface area contributed by atoms with E-state index < -0.39 is 0 Å². The van der Waals surface area contributed by atoms with Gasteiger partial charge in [0.15, 0.2) is 0 Å². The number of thiophene rings is 1. The summed E-state index contributed by atoms with van der Waals surface area (Å²) in [6, 6.07) is 13.1. The van der Waals surface area contributed by atoms with E-state index in [1.807, 2.05) is 42.6 Å². The first-order valence-electron chi connectivity index (χ1n) is 7.07. The largest absolute Gasteiger partial charge is 0.440 e. The van der Waals surface area contributed by atoms with Gasteiger partial charge in [0.2, 0.25) is 5.89 Å². The molecule has 2 aromatic heterocycles. The van der Waals surface area contributed by atoms with Crippen LogP contribution in [0, 0.1) is 6.92 Å². The van der Waals surface area contributed by atoms with Gasteiger partial charge in [0, 0.05) is 18.5 Å². The molecule has 4 nitrogen and oxygen atoms in total. The van der Waals surface area contributed by atoms with Crippen molar-refractivity contribution < 1.29 is 9.21 Å². The van der Waals surface area contributed by atoms with Crippen LogP contribution in [0.15, 0.2) is 52.3 Å². The number of aryl methyl sites for hydroxylation is 1. The Morgan fingerprint density at radius 3 is 2.77 bits per heavy atom. The molecule has 1 aromatic carbocycles. The third kappa shape index (κ3) is 3.26. The first-order chi connectivity index (χ1) is 10.7. The van der Waals surface area contributed by atoms with Crippen molar-refractivity contribution in [1.82, 2.24) is 10.3 Å². The van der Waals surface area contributed by atoms with E-state index in [9.17, 15) is 4.79 Å². The van der Waals surface area contributed by atoms with E-state index in [0.717, 1.165) is 16.3 Å². The number of carbonyl (C=O) groups is 1. The van der Waals surface area contributed by atoms with Crippen LogP contribution in [0.3, 0.4) is 0 Å². The number of hydrogen-bond donors (Lipinski definition) is 1. The predicted octanol–water partition coefficient (Wildman–Crippen LogP) is 3.68. The van der Waals surface area contributed by atoms with Gasteiger partial charge in [0.05, 0.1) is 10.6 Å². The second-order valence-corrected chi connectivity index (χ2v) is 5.82. The molecule has 0 saturated carbocycles. The smallest absolute Gasteiger partial charge is 0.251 e. The van der Waals surface area contributed by atoms with Crippen LogP contribution >= 0.6 is 11.3 Å². The summed E-state index contributed by atoms with van der Waals surface area (Å²) in [6.45, 7) is 2.43. The van der Waals surface area contributed by atoms with E-state index in [-0.39, 0.29) is 5.91 Å². The standard InChI is InChI=1S/C17H16N2O2S/c1-12-14(19-17(21-12)15-8-5-11-22-15)9-10-18-16(20)13-6-3-2-4-7-13/h2-8,11H,9-10H2,1H3,(H,18,20). The van der Waals surface area contributed by atoms with Crippen molar-refractivity contribution in [2.45, 2.75) is 13.3 Å². The molecule has 0 unspecified atom stereocenters. The quantitative estimate of drug-likeness (QED) is 0.782. The fourth-order valence-corrected chi connectivity index (χ4v) is 2.80. The van der Waals surface area contributed by atoms with Gasteiger partial charge in [-0.05, 0) is 30.5 Å². The Morgan fingerprint density at radius 1 is 1.23 bits per heavy atom. The summed E-state index contributed by atoms with van der Waals surface area (Å²) in [6.07, 6.45) is 0.652. The molecule has 0 bridgehead atoms. The van der Waals surface area contributed by atoms with Gasteiger partial charge in [-0.25, -0.2) is 4.98 Å². The van der Waals surface area contributed by atoms with Gasteiger partial charge in [-0.2, -0.15) is 0 Å². The van der Waals surface area contributed by atoms with Gasteiger partial charge >= 0.3 is 0 Å². The highest BCUT2D eigenvalue weighted by molar-refractivity contribution is 7.13. The molecule has 0 radical (unpaired) electrons. The molecular formula is C17H16N2O2S. The second-order valence-electron chi connectivity index (χ2n) is 4.87. The number of carbonyl (C=O) groups excluding carboxylic acids is 1. The molecular weight excluding hydrogens is 296 g/mol. The number of oxazole rings is 1. The van der Waals surface area contributed by atoms with Crippen LogP contribution in [0.25, 0.3) is 10.8 Å². The normalized spacial score (nSPS) is 10.6. The average molecular weight is 312 g/mol. The molecule has 0 aliphatic heterocycles. The van der Waals surface area contributed by atoms with Crippen LogP contribution in [-0.2, 0) is 6.42 Å². The molecule has 112 valence electrons. The molecule has 3 rings (SSSR count). The zero-order valence-corrected chi connectivity index (χ0v) is 13.0. The fraction of sp³-hybridized carbons (Fsp3) is 0.176. The van der Waals surface area contributed by atoms with Gasteiger partial charge in [-0.1, -0.05) is 24.3 Å². The Bertz CT molecular complexity index is 748. The molecule has 0 spiro atoms. The van der Waals surface area contributed by atoms with Gasteiger partial charge in [-0.3, -0.25) is 4.79 Å². The zero-order valence-electron chi connectivity index (χ0n) is 12.2. The van der Waals surface area contributed by atoms with Crippen molar-refractivity contribution in [2.75, 3.05) is 6.54 Å². The fourth-order valence-electron chi connectivity index (χ4n) is 2.15. The molecule has 22 heavy (non-hydrogen) atoms. The summed E-state index contributed by atoms with van der Waals surface area (Å²) in [5.41, 5.74) is 1.55. The third-order valence-electron chi connectivity index (χ3n) is 3.31. The molecule has 0 atom stereocenters. The van der Waals surface area contributed by atoms with Crippen molar-refractivity contribution in [3.63, 3.8) is 0 Å². The van der Waals surface area contributed by atoms with Crippen molar-refractivity contribution in [2.24, 2.45) is 0 Å². The molecule has 0 aliphatic rings. The van der Waals surface area contributed by atoms with Gasteiger partial charge < -0.3 is 9.73 Å². The lowest BCUT2D eigenvalue weighted by molar-refractivity contribution is 0.0954. The number of amides is 1. The van der Waals surface area contributed by atoms with Crippen LogP contribution in [0.5, 0.6) is 0 Å². The van der Waals surface area contributed by atoms with E-state index >= 15 is 0 Å². The lowest BCUT2D eigenvalue weighted by Crippen LogP contribution is -2.25. The van der Waals surface area contributed by atoms with E-state index in [1.54, 1.807) is 23.5 Å². The molecule has 2 heterocycles. The lowest BCUT2D eigenvalue weighted by Gasteiger charge is -2.03. The minimum atomic E-state index is -0.0692. The zero-order chi connectivity index (χ0) is 15.4. The minimum Gasteiger partial charge on any atom is -0.440 e. The minimum absolute atomic E-state index is 0.0692. The number of nitrogens with zero attached hydrogens (tertiary/aromatic N) is 1. The number of aromatic nitrogens is 1. The first-order valence-corrected chi connectivity index (χ1v) is 7.95. The summed E-state index contributed by atoms with van der Waals surface area (Å²) < 4.78 is 5.69. The van der Waals surface area contributed by atoms with Crippen molar-refractivity contribution in [3.8, 4) is 10.8 Å². The SMILES string of the molecule is Cc1oc(-c2cccs2)nc1CCNC(=O)c1ccccc1. The Labute approximate surface area is 132 Å². The Morgan fingerprint density at radius 2 is 2.05 bits per heavy atom. The van der Waals surface area contributed by atoms with Gasteiger partial charge in [0.25, 0.3) is 5.91 Å². The van der Waals surface area contributed by atoms with E-state index in [4.69, 9.17) is 4.42 Å². The van der Waals surface area contributed by atoms with E-state index in [1.165, 1.54) is 0 Å². The number of benzene rings is 1. The van der Waals surface area contributed by atoms with Gasteiger partial charge in [0.1, 0.15) is 5.76 Å².